The highest BCUT2D eigenvalue weighted by Gasteiger charge is 2.24. The average molecular weight is 181 g/mol. The maximum atomic E-state index is 11.6. The van der Waals surface area contributed by atoms with Crippen LogP contribution in [0, 0.1) is 5.51 Å². The molecule has 0 saturated carbocycles. The predicted octanol–water partition coefficient (Wildman–Crippen LogP) is 0.878. The molecule has 1 atom stereocenters. The maximum Gasteiger partial charge on any atom is 0.198 e. The summed E-state index contributed by atoms with van der Waals surface area (Å²) in [5.41, 5.74) is 3.23. The largest absolute Gasteiger partial charge is 0.307 e. The van der Waals surface area contributed by atoms with Crippen LogP contribution in [0.4, 0.5) is 0 Å². The van der Waals surface area contributed by atoms with E-state index in [1.807, 2.05) is 0 Å². The lowest BCUT2D eigenvalue weighted by atomic mass is 10.1. The Labute approximate surface area is 74.8 Å². The highest BCUT2D eigenvalue weighted by atomic mass is 32.1. The number of ketones is 1. The molecule has 0 bridgehead atoms. The van der Waals surface area contributed by atoms with Gasteiger partial charge in [-0.3, -0.25) is 4.79 Å². The Morgan fingerprint density at radius 1 is 1.83 bits per heavy atom. The minimum atomic E-state index is 0.000463. The molecule has 1 aromatic heterocycles. The van der Waals surface area contributed by atoms with Crippen molar-refractivity contribution in [2.45, 2.75) is 18.9 Å². The molecule has 1 radical (unpaired) electrons. The zero-order valence-electron chi connectivity index (χ0n) is 6.54. The van der Waals surface area contributed by atoms with Crippen molar-refractivity contribution >= 4 is 17.1 Å². The number of rotatable bonds is 2. The third-order valence-electron chi connectivity index (χ3n) is 2.02. The Bertz CT molecular complexity index is 265. The number of carbonyl (C=O) groups is 1. The van der Waals surface area contributed by atoms with Gasteiger partial charge < -0.3 is 5.32 Å². The Kier molecular flexibility index (Phi) is 2.19. The molecule has 1 aliphatic rings. The molecule has 63 valence electrons. The van der Waals surface area contributed by atoms with E-state index in [0.717, 1.165) is 19.4 Å². The van der Waals surface area contributed by atoms with Crippen molar-refractivity contribution in [3.05, 3.63) is 16.6 Å². The van der Waals surface area contributed by atoms with Crippen LogP contribution in [0.2, 0.25) is 0 Å². The molecule has 1 saturated heterocycles. The molecule has 1 fully saturated rings. The van der Waals surface area contributed by atoms with Gasteiger partial charge in [0, 0.05) is 5.38 Å². The van der Waals surface area contributed by atoms with Crippen LogP contribution in [-0.4, -0.2) is 23.4 Å². The lowest BCUT2D eigenvalue weighted by Crippen LogP contribution is -2.30. The normalized spacial score (nSPS) is 22.8. The third kappa shape index (κ3) is 1.40. The zero-order valence-corrected chi connectivity index (χ0v) is 7.36. The number of nitrogens with zero attached hydrogens (tertiary/aromatic N) is 1. The van der Waals surface area contributed by atoms with E-state index in [1.54, 1.807) is 5.38 Å². The van der Waals surface area contributed by atoms with Gasteiger partial charge in [-0.25, -0.2) is 4.98 Å². The quantitative estimate of drug-likeness (QED) is 0.689. The SMILES string of the molecule is O=C(c1cs[c]n1)[C@@H]1CCCN1. The van der Waals surface area contributed by atoms with Gasteiger partial charge in [-0.1, -0.05) is 0 Å². The van der Waals surface area contributed by atoms with Crippen LogP contribution in [0.15, 0.2) is 5.38 Å². The van der Waals surface area contributed by atoms with Gasteiger partial charge >= 0.3 is 0 Å². The molecule has 0 amide bonds. The minimum Gasteiger partial charge on any atom is -0.307 e. The fourth-order valence-electron chi connectivity index (χ4n) is 1.38. The van der Waals surface area contributed by atoms with Crippen molar-refractivity contribution in [2.24, 2.45) is 0 Å². The van der Waals surface area contributed by atoms with Gasteiger partial charge in [-0.15, -0.1) is 11.3 Å². The van der Waals surface area contributed by atoms with E-state index in [2.05, 4.69) is 15.8 Å². The van der Waals surface area contributed by atoms with E-state index in [-0.39, 0.29) is 11.8 Å². The number of carbonyl (C=O) groups excluding carboxylic acids is 1. The first-order chi connectivity index (χ1) is 5.88. The van der Waals surface area contributed by atoms with Gasteiger partial charge in [0.2, 0.25) is 0 Å². The predicted molar refractivity (Wildman–Crippen MR) is 46.3 cm³/mol. The molecule has 0 aromatic carbocycles. The molecule has 1 aliphatic heterocycles. The van der Waals surface area contributed by atoms with E-state index < -0.39 is 0 Å². The number of Topliss-reactive ketones (excluding diaryl/α,β-unsaturated/α-hetero) is 1. The lowest BCUT2D eigenvalue weighted by molar-refractivity contribution is 0.0948. The molecule has 0 spiro atoms. The summed E-state index contributed by atoms with van der Waals surface area (Å²) in [5, 5.41) is 4.90. The van der Waals surface area contributed by atoms with Gasteiger partial charge in [0.15, 0.2) is 11.3 Å². The highest BCUT2D eigenvalue weighted by Crippen LogP contribution is 2.11. The summed E-state index contributed by atoms with van der Waals surface area (Å²) in [7, 11) is 0. The molecule has 1 aromatic rings. The first kappa shape index (κ1) is 7.89. The first-order valence-corrected chi connectivity index (χ1v) is 4.85. The van der Waals surface area contributed by atoms with Crippen molar-refractivity contribution in [1.29, 1.82) is 0 Å². The maximum absolute atomic E-state index is 11.6. The number of hydrogen-bond donors (Lipinski definition) is 1. The summed E-state index contributed by atoms with van der Waals surface area (Å²) in [6, 6.07) is 0.000463. The van der Waals surface area contributed by atoms with Crippen LogP contribution in [-0.2, 0) is 0 Å². The van der Waals surface area contributed by atoms with Crippen molar-refractivity contribution in [1.82, 2.24) is 10.3 Å². The number of hydrogen-bond acceptors (Lipinski definition) is 4. The Morgan fingerprint density at radius 3 is 3.33 bits per heavy atom. The van der Waals surface area contributed by atoms with E-state index in [4.69, 9.17) is 0 Å². The van der Waals surface area contributed by atoms with Crippen LogP contribution in [0.25, 0.3) is 0 Å². The van der Waals surface area contributed by atoms with E-state index in [9.17, 15) is 4.79 Å². The Hall–Kier alpha value is -0.740. The van der Waals surface area contributed by atoms with Crippen LogP contribution < -0.4 is 5.32 Å². The molecule has 0 aliphatic carbocycles. The first-order valence-electron chi connectivity index (χ1n) is 3.97. The number of nitrogens with one attached hydrogen (secondary N) is 1. The topological polar surface area (TPSA) is 42.0 Å². The summed E-state index contributed by atoms with van der Waals surface area (Å²) in [5.74, 6) is 0.116. The molecular formula is C8H9N2OS. The van der Waals surface area contributed by atoms with Crippen molar-refractivity contribution < 1.29 is 4.79 Å². The molecule has 2 heterocycles. The summed E-state index contributed by atoms with van der Waals surface area (Å²) in [4.78, 5) is 15.4. The van der Waals surface area contributed by atoms with E-state index in [0.29, 0.717) is 5.69 Å². The standard InChI is InChI=1S/C8H9N2OS/c11-8(6-2-1-3-9-6)7-4-12-5-10-7/h4,6,9H,1-3H2/t6-/m0/s1. The Balaban J connectivity index is 2.09. The number of thiazole rings is 1. The summed E-state index contributed by atoms with van der Waals surface area (Å²) >= 11 is 1.34. The van der Waals surface area contributed by atoms with Gasteiger partial charge in [-0.2, -0.15) is 0 Å². The van der Waals surface area contributed by atoms with Crippen LogP contribution in [0.3, 0.4) is 0 Å². The molecule has 2 rings (SSSR count). The van der Waals surface area contributed by atoms with Gasteiger partial charge in [-0.05, 0) is 19.4 Å². The fourth-order valence-corrected chi connectivity index (χ4v) is 1.87. The second kappa shape index (κ2) is 3.33. The average Bonchev–Trinajstić information content (AvgIpc) is 2.77. The monoisotopic (exact) mass is 181 g/mol. The highest BCUT2D eigenvalue weighted by molar-refractivity contribution is 7.07. The van der Waals surface area contributed by atoms with E-state index in [1.165, 1.54) is 11.3 Å². The second-order valence-corrected chi connectivity index (χ2v) is 3.49. The second-order valence-electron chi connectivity index (χ2n) is 2.84. The van der Waals surface area contributed by atoms with Crippen LogP contribution >= 0.6 is 11.3 Å². The molecule has 4 heteroatoms. The summed E-state index contributed by atoms with van der Waals surface area (Å²) < 4.78 is 0. The number of aromatic nitrogens is 1. The van der Waals surface area contributed by atoms with Gasteiger partial charge in [0.1, 0.15) is 5.69 Å². The fraction of sp³-hybridized carbons (Fsp3) is 0.500. The van der Waals surface area contributed by atoms with Crippen LogP contribution in [0.5, 0.6) is 0 Å². The van der Waals surface area contributed by atoms with Crippen molar-refractivity contribution in [3.8, 4) is 0 Å². The minimum absolute atomic E-state index is 0.000463. The van der Waals surface area contributed by atoms with E-state index >= 15 is 0 Å². The summed E-state index contributed by atoms with van der Waals surface area (Å²) in [6.07, 6.45) is 2.03. The Morgan fingerprint density at radius 2 is 2.75 bits per heavy atom. The zero-order chi connectivity index (χ0) is 8.39. The molecule has 3 nitrogen and oxygen atoms in total. The van der Waals surface area contributed by atoms with Gasteiger partial charge in [0.05, 0.1) is 6.04 Å². The molecule has 0 unspecified atom stereocenters. The molecule has 12 heavy (non-hydrogen) atoms. The van der Waals surface area contributed by atoms with Crippen molar-refractivity contribution in [2.75, 3.05) is 6.54 Å². The lowest BCUT2D eigenvalue weighted by Gasteiger charge is -2.04. The van der Waals surface area contributed by atoms with Gasteiger partial charge in [0.25, 0.3) is 0 Å². The molecular weight excluding hydrogens is 172 g/mol. The van der Waals surface area contributed by atoms with Crippen molar-refractivity contribution in [3.63, 3.8) is 0 Å². The summed E-state index contributed by atoms with van der Waals surface area (Å²) in [6.45, 7) is 0.949. The third-order valence-corrected chi connectivity index (χ3v) is 2.56. The smallest absolute Gasteiger partial charge is 0.198 e. The molecule has 1 N–H and O–H groups in total. The van der Waals surface area contributed by atoms with Crippen LogP contribution in [0.1, 0.15) is 23.3 Å².